The van der Waals surface area contributed by atoms with Crippen molar-refractivity contribution in [1.82, 2.24) is 0 Å². The molecule has 0 aliphatic heterocycles. The van der Waals surface area contributed by atoms with Gasteiger partial charge in [-0.2, -0.15) is 0 Å². The number of hydrogen-bond acceptors (Lipinski definition) is 2. The summed E-state index contributed by atoms with van der Waals surface area (Å²) in [5, 5.41) is 0. The van der Waals surface area contributed by atoms with Crippen molar-refractivity contribution in [3.8, 4) is 5.75 Å². The van der Waals surface area contributed by atoms with Crippen LogP contribution in [0.1, 0.15) is 30.0 Å². The fourth-order valence-electron chi connectivity index (χ4n) is 1.70. The van der Waals surface area contributed by atoms with Gasteiger partial charge in [-0.15, -0.1) is 0 Å². The molecule has 0 spiro atoms. The van der Waals surface area contributed by atoms with Crippen molar-refractivity contribution in [2.45, 2.75) is 33.6 Å². The Kier molecular flexibility index (Phi) is 4.63. The summed E-state index contributed by atoms with van der Waals surface area (Å²) in [7, 11) is 0. The fraction of sp³-hybridized carbons (Fsp3) is 0.538. The normalized spacial score (nSPS) is 10.4. The van der Waals surface area contributed by atoms with Crippen molar-refractivity contribution < 1.29 is 4.74 Å². The first-order valence-corrected chi connectivity index (χ1v) is 5.62. The third-order valence-corrected chi connectivity index (χ3v) is 2.54. The molecule has 0 unspecified atom stereocenters. The van der Waals surface area contributed by atoms with Crippen LogP contribution < -0.4 is 10.5 Å². The Morgan fingerprint density at radius 2 is 1.87 bits per heavy atom. The molecular weight excluding hydrogens is 186 g/mol. The van der Waals surface area contributed by atoms with Gasteiger partial charge in [-0.25, -0.2) is 0 Å². The summed E-state index contributed by atoms with van der Waals surface area (Å²) in [5.41, 5.74) is 9.37. The van der Waals surface area contributed by atoms with Crippen molar-refractivity contribution in [3.63, 3.8) is 0 Å². The van der Waals surface area contributed by atoms with Crippen LogP contribution in [0.4, 0.5) is 0 Å². The molecule has 0 aromatic heterocycles. The third kappa shape index (κ3) is 2.96. The minimum absolute atomic E-state index is 0.673. The summed E-state index contributed by atoms with van der Waals surface area (Å²) in [4.78, 5) is 0. The van der Waals surface area contributed by atoms with Gasteiger partial charge in [0.2, 0.25) is 0 Å². The fourth-order valence-corrected chi connectivity index (χ4v) is 1.70. The summed E-state index contributed by atoms with van der Waals surface area (Å²) in [5.74, 6) is 1.04. The number of benzene rings is 1. The molecule has 0 saturated carbocycles. The van der Waals surface area contributed by atoms with Crippen LogP contribution in [0.25, 0.3) is 0 Å². The molecule has 84 valence electrons. The zero-order chi connectivity index (χ0) is 11.3. The lowest BCUT2D eigenvalue weighted by atomic mass is 10.0. The van der Waals surface area contributed by atoms with Gasteiger partial charge >= 0.3 is 0 Å². The van der Waals surface area contributed by atoms with Gasteiger partial charge < -0.3 is 10.5 Å². The van der Waals surface area contributed by atoms with Crippen LogP contribution in [0.5, 0.6) is 5.75 Å². The van der Waals surface area contributed by atoms with Crippen LogP contribution in [0, 0.1) is 13.8 Å². The van der Waals surface area contributed by atoms with Crippen LogP contribution in [0.3, 0.4) is 0 Å². The van der Waals surface area contributed by atoms with E-state index in [1.54, 1.807) is 0 Å². The molecule has 1 aromatic carbocycles. The lowest BCUT2D eigenvalue weighted by Crippen LogP contribution is -2.08. The van der Waals surface area contributed by atoms with Gasteiger partial charge in [0.15, 0.2) is 0 Å². The highest BCUT2D eigenvalue weighted by Gasteiger charge is 2.09. The van der Waals surface area contributed by atoms with E-state index in [4.69, 9.17) is 10.5 Å². The Morgan fingerprint density at radius 1 is 1.20 bits per heavy atom. The number of ether oxygens (including phenoxy) is 1. The van der Waals surface area contributed by atoms with Crippen molar-refractivity contribution >= 4 is 0 Å². The molecule has 0 atom stereocenters. The second kappa shape index (κ2) is 5.76. The molecule has 2 nitrogen and oxygen atoms in total. The van der Waals surface area contributed by atoms with Crippen molar-refractivity contribution in [3.05, 3.63) is 28.8 Å². The van der Waals surface area contributed by atoms with Gasteiger partial charge in [0.1, 0.15) is 5.75 Å². The topological polar surface area (TPSA) is 35.2 Å². The van der Waals surface area contributed by atoms with Gasteiger partial charge in [0, 0.05) is 0 Å². The average molecular weight is 207 g/mol. The maximum absolute atomic E-state index is 5.79. The van der Waals surface area contributed by atoms with Crippen LogP contribution in [0.15, 0.2) is 12.1 Å². The average Bonchev–Trinajstić information content (AvgIpc) is 2.23. The summed E-state index contributed by atoms with van der Waals surface area (Å²) >= 11 is 0. The predicted octanol–water partition coefficient (Wildman–Crippen LogP) is 2.59. The Hall–Kier alpha value is -1.02. The van der Waals surface area contributed by atoms with Crippen LogP contribution in [0.2, 0.25) is 0 Å². The molecule has 1 rings (SSSR count). The first kappa shape index (κ1) is 12.1. The smallest absolute Gasteiger partial charge is 0.125 e. The highest BCUT2D eigenvalue weighted by atomic mass is 16.5. The monoisotopic (exact) mass is 207 g/mol. The van der Waals surface area contributed by atoms with E-state index in [1.165, 1.54) is 16.7 Å². The first-order valence-electron chi connectivity index (χ1n) is 5.62. The molecule has 0 bridgehead atoms. The van der Waals surface area contributed by atoms with E-state index in [0.29, 0.717) is 6.54 Å². The Bertz CT molecular complexity index is 321. The van der Waals surface area contributed by atoms with Crippen molar-refractivity contribution in [1.29, 1.82) is 0 Å². The van der Waals surface area contributed by atoms with Crippen LogP contribution in [-0.4, -0.2) is 13.2 Å². The van der Waals surface area contributed by atoms with Crippen molar-refractivity contribution in [2.75, 3.05) is 13.2 Å². The van der Waals surface area contributed by atoms with E-state index < -0.39 is 0 Å². The van der Waals surface area contributed by atoms with E-state index in [-0.39, 0.29) is 0 Å². The Balaban J connectivity index is 3.01. The lowest BCUT2D eigenvalue weighted by Gasteiger charge is -2.15. The van der Waals surface area contributed by atoms with Gasteiger partial charge in [0.25, 0.3) is 0 Å². The van der Waals surface area contributed by atoms with Crippen molar-refractivity contribution in [2.24, 2.45) is 5.73 Å². The largest absolute Gasteiger partial charge is 0.493 e. The van der Waals surface area contributed by atoms with E-state index in [2.05, 4.69) is 32.9 Å². The number of aryl methyl sites for hydroxylation is 2. The van der Waals surface area contributed by atoms with Crippen LogP contribution in [-0.2, 0) is 6.42 Å². The molecule has 15 heavy (non-hydrogen) atoms. The SMILES string of the molecule is CCCOc1c(C)ccc(C)c1CCN. The zero-order valence-electron chi connectivity index (χ0n) is 9.97. The number of rotatable bonds is 5. The highest BCUT2D eigenvalue weighted by Crippen LogP contribution is 2.27. The molecule has 2 heteroatoms. The molecule has 0 aliphatic rings. The molecule has 0 heterocycles. The second-order valence-electron chi connectivity index (χ2n) is 3.89. The molecule has 1 aromatic rings. The minimum atomic E-state index is 0.673. The zero-order valence-corrected chi connectivity index (χ0v) is 9.97. The number of nitrogens with two attached hydrogens (primary N) is 1. The molecule has 0 fully saturated rings. The van der Waals surface area contributed by atoms with Gasteiger partial charge in [-0.3, -0.25) is 0 Å². The molecule has 2 N–H and O–H groups in total. The minimum Gasteiger partial charge on any atom is -0.493 e. The third-order valence-electron chi connectivity index (χ3n) is 2.54. The van der Waals surface area contributed by atoms with E-state index in [9.17, 15) is 0 Å². The summed E-state index contributed by atoms with van der Waals surface area (Å²) in [6.45, 7) is 7.77. The van der Waals surface area contributed by atoms with Crippen LogP contribution >= 0.6 is 0 Å². The van der Waals surface area contributed by atoms with Gasteiger partial charge in [0.05, 0.1) is 6.61 Å². The Morgan fingerprint density at radius 3 is 2.47 bits per heavy atom. The molecule has 0 saturated heterocycles. The molecule has 0 radical (unpaired) electrons. The Labute approximate surface area is 92.4 Å². The molecular formula is C13H21NO. The lowest BCUT2D eigenvalue weighted by molar-refractivity contribution is 0.312. The van der Waals surface area contributed by atoms with E-state index in [1.807, 2.05) is 0 Å². The number of hydrogen-bond donors (Lipinski definition) is 1. The first-order chi connectivity index (χ1) is 7.20. The maximum Gasteiger partial charge on any atom is 0.125 e. The molecule has 0 amide bonds. The summed E-state index contributed by atoms with van der Waals surface area (Å²) in [6, 6.07) is 4.25. The highest BCUT2D eigenvalue weighted by molar-refractivity contribution is 5.45. The van der Waals surface area contributed by atoms with E-state index >= 15 is 0 Å². The maximum atomic E-state index is 5.79. The van der Waals surface area contributed by atoms with E-state index in [0.717, 1.165) is 25.2 Å². The predicted molar refractivity (Wildman–Crippen MR) is 64.5 cm³/mol. The van der Waals surface area contributed by atoms with Gasteiger partial charge in [-0.1, -0.05) is 19.1 Å². The van der Waals surface area contributed by atoms with Gasteiger partial charge in [-0.05, 0) is 49.9 Å². The second-order valence-corrected chi connectivity index (χ2v) is 3.89. The molecule has 0 aliphatic carbocycles. The summed E-state index contributed by atoms with van der Waals surface area (Å²) in [6.07, 6.45) is 1.93. The summed E-state index contributed by atoms with van der Waals surface area (Å²) < 4.78 is 5.79. The quantitative estimate of drug-likeness (QED) is 0.805. The standard InChI is InChI=1S/C13H21NO/c1-4-9-15-13-11(3)6-5-10(2)12(13)7-8-14/h5-6H,4,7-9,14H2,1-3H3.